The summed E-state index contributed by atoms with van der Waals surface area (Å²) in [5.41, 5.74) is 0. The van der Waals surface area contributed by atoms with Gasteiger partial charge in [0.05, 0.1) is 12.7 Å². The predicted molar refractivity (Wildman–Crippen MR) is 179 cm³/mol. The molecule has 3 heteroatoms. The lowest BCUT2D eigenvalue weighted by Crippen LogP contribution is -2.14. The Morgan fingerprint density at radius 1 is 0.385 bits per heavy atom. The van der Waals surface area contributed by atoms with E-state index in [0.29, 0.717) is 6.10 Å². The van der Waals surface area contributed by atoms with Crippen molar-refractivity contribution in [3.63, 3.8) is 0 Å². The molecule has 0 rings (SSSR count). The third-order valence-corrected chi connectivity index (χ3v) is 8.67. The third-order valence-electron chi connectivity index (χ3n) is 8.35. The maximum Gasteiger partial charge on any atom is 0.0930 e. The van der Waals surface area contributed by atoms with Crippen molar-refractivity contribution in [3.8, 4) is 0 Å². The van der Waals surface area contributed by atoms with E-state index < -0.39 is 0 Å². The van der Waals surface area contributed by atoms with Crippen LogP contribution in [0.3, 0.4) is 0 Å². The highest BCUT2D eigenvalue weighted by Gasteiger charge is 2.10. The van der Waals surface area contributed by atoms with Crippen LogP contribution >= 0.6 is 12.6 Å². The van der Waals surface area contributed by atoms with Crippen LogP contribution < -0.4 is 0 Å². The van der Waals surface area contributed by atoms with E-state index in [4.69, 9.17) is 9.78 Å². The van der Waals surface area contributed by atoms with Crippen LogP contribution in [0.2, 0.25) is 0 Å². The molecule has 0 aromatic heterocycles. The highest BCUT2D eigenvalue weighted by molar-refractivity contribution is 7.80. The molecule has 0 aromatic rings. The zero-order valence-corrected chi connectivity index (χ0v) is 28.1. The predicted octanol–water partition coefficient (Wildman–Crippen LogP) is 13.4. The monoisotopic (exact) mass is 571 g/mol. The van der Waals surface area contributed by atoms with Crippen molar-refractivity contribution in [3.05, 3.63) is 0 Å². The summed E-state index contributed by atoms with van der Waals surface area (Å²) in [6.07, 6.45) is 42.6. The van der Waals surface area contributed by atoms with Gasteiger partial charge in [-0.05, 0) is 31.4 Å². The average Bonchev–Trinajstić information content (AvgIpc) is 2.95. The van der Waals surface area contributed by atoms with E-state index >= 15 is 0 Å². The molecule has 0 saturated heterocycles. The van der Waals surface area contributed by atoms with Gasteiger partial charge in [-0.2, -0.15) is 12.6 Å². The van der Waals surface area contributed by atoms with Crippen LogP contribution in [0.1, 0.15) is 213 Å². The van der Waals surface area contributed by atoms with Gasteiger partial charge in [-0.1, -0.05) is 187 Å². The first-order valence-electron chi connectivity index (χ1n) is 18.2. The molecule has 2 nitrogen and oxygen atoms in total. The molecule has 0 aromatic carbocycles. The van der Waals surface area contributed by atoms with Crippen molar-refractivity contribution in [1.82, 2.24) is 0 Å². The Morgan fingerprint density at radius 3 is 1.05 bits per heavy atom. The normalized spacial score (nSPS) is 12.4. The molecular formula is C36H74O2S. The Labute approximate surface area is 253 Å². The topological polar surface area (TPSA) is 18.5 Å². The summed E-state index contributed by atoms with van der Waals surface area (Å²) in [7, 11) is 0. The Morgan fingerprint density at radius 2 is 0.692 bits per heavy atom. The van der Waals surface area contributed by atoms with Gasteiger partial charge in [0.2, 0.25) is 0 Å². The van der Waals surface area contributed by atoms with Gasteiger partial charge in [0.25, 0.3) is 0 Å². The molecule has 0 radical (unpaired) electrons. The summed E-state index contributed by atoms with van der Waals surface area (Å²) in [5, 5.41) is 0. The first-order chi connectivity index (χ1) is 19.3. The van der Waals surface area contributed by atoms with E-state index in [1.165, 1.54) is 193 Å². The summed E-state index contributed by atoms with van der Waals surface area (Å²) >= 11 is 4.29. The van der Waals surface area contributed by atoms with E-state index in [1.54, 1.807) is 0 Å². The molecule has 0 aliphatic carbocycles. The number of rotatable bonds is 35. The van der Waals surface area contributed by atoms with Crippen LogP contribution in [-0.2, 0) is 9.78 Å². The minimum absolute atomic E-state index is 0.311. The summed E-state index contributed by atoms with van der Waals surface area (Å²) in [4.78, 5) is 11.7. The van der Waals surface area contributed by atoms with Gasteiger partial charge in [-0.25, -0.2) is 9.78 Å². The van der Waals surface area contributed by atoms with Gasteiger partial charge in [0.1, 0.15) is 0 Å². The quantitative estimate of drug-likeness (QED) is 0.0353. The Kier molecular flexibility index (Phi) is 36.5. The third kappa shape index (κ3) is 34.4. The Balaban J connectivity index is 3.85. The molecule has 1 atom stereocenters. The van der Waals surface area contributed by atoms with E-state index in [-0.39, 0.29) is 0 Å². The summed E-state index contributed by atoms with van der Waals surface area (Å²) in [6.45, 7) is 5.37. The minimum Gasteiger partial charge on any atom is -0.236 e. The molecule has 0 aliphatic rings. The first kappa shape index (κ1) is 39.3. The lowest BCUT2D eigenvalue weighted by Gasteiger charge is -2.17. The highest BCUT2D eigenvalue weighted by atomic mass is 32.1. The van der Waals surface area contributed by atoms with Crippen LogP contribution in [0.25, 0.3) is 0 Å². The van der Waals surface area contributed by atoms with Crippen LogP contribution in [0.4, 0.5) is 0 Å². The van der Waals surface area contributed by atoms with Gasteiger partial charge < -0.3 is 0 Å². The SMILES string of the molecule is CCCCCCCCCCCCC(CCCCCCCCCCC)OOCCCCCCCCCCCCS. The van der Waals surface area contributed by atoms with E-state index in [1.807, 2.05) is 0 Å². The van der Waals surface area contributed by atoms with E-state index in [0.717, 1.165) is 18.8 Å². The van der Waals surface area contributed by atoms with Crippen molar-refractivity contribution in [2.75, 3.05) is 12.4 Å². The summed E-state index contributed by atoms with van der Waals surface area (Å²) in [5.74, 6) is 1.05. The van der Waals surface area contributed by atoms with Crippen molar-refractivity contribution < 1.29 is 9.78 Å². The fourth-order valence-electron chi connectivity index (χ4n) is 5.61. The molecule has 0 fully saturated rings. The minimum atomic E-state index is 0.311. The largest absolute Gasteiger partial charge is 0.236 e. The van der Waals surface area contributed by atoms with Gasteiger partial charge >= 0.3 is 0 Å². The van der Waals surface area contributed by atoms with Crippen LogP contribution in [-0.4, -0.2) is 18.5 Å². The molecule has 0 spiro atoms. The molecule has 0 aliphatic heterocycles. The van der Waals surface area contributed by atoms with Crippen molar-refractivity contribution >= 4 is 12.6 Å². The Hall–Kier alpha value is 0.270. The maximum absolute atomic E-state index is 5.98. The average molecular weight is 571 g/mol. The van der Waals surface area contributed by atoms with Gasteiger partial charge in [0, 0.05) is 0 Å². The molecular weight excluding hydrogens is 496 g/mol. The zero-order chi connectivity index (χ0) is 28.3. The second kappa shape index (κ2) is 36.3. The molecule has 0 amide bonds. The fourth-order valence-corrected chi connectivity index (χ4v) is 5.84. The molecule has 1 unspecified atom stereocenters. The lowest BCUT2D eigenvalue weighted by molar-refractivity contribution is -0.327. The number of hydrogen-bond acceptors (Lipinski definition) is 3. The number of thiol groups is 1. The van der Waals surface area contributed by atoms with Gasteiger partial charge in [-0.3, -0.25) is 0 Å². The van der Waals surface area contributed by atoms with Crippen molar-refractivity contribution in [2.45, 2.75) is 219 Å². The van der Waals surface area contributed by atoms with Crippen molar-refractivity contribution in [2.24, 2.45) is 0 Å². The second-order valence-electron chi connectivity index (χ2n) is 12.4. The zero-order valence-electron chi connectivity index (χ0n) is 27.2. The van der Waals surface area contributed by atoms with Crippen molar-refractivity contribution in [1.29, 1.82) is 0 Å². The van der Waals surface area contributed by atoms with Crippen LogP contribution in [0.5, 0.6) is 0 Å². The molecule has 0 heterocycles. The molecule has 39 heavy (non-hydrogen) atoms. The smallest absolute Gasteiger partial charge is 0.0930 e. The van der Waals surface area contributed by atoms with Gasteiger partial charge in [-0.15, -0.1) is 0 Å². The second-order valence-corrected chi connectivity index (χ2v) is 12.8. The highest BCUT2D eigenvalue weighted by Crippen LogP contribution is 2.18. The lowest BCUT2D eigenvalue weighted by atomic mass is 10.0. The molecule has 236 valence electrons. The molecule has 0 N–H and O–H groups in total. The number of hydrogen-bond donors (Lipinski definition) is 1. The fraction of sp³-hybridized carbons (Fsp3) is 1.00. The van der Waals surface area contributed by atoms with E-state index in [9.17, 15) is 0 Å². The first-order valence-corrected chi connectivity index (χ1v) is 18.9. The molecule has 0 saturated carbocycles. The standard InChI is InChI=1S/C36H74O2S/c1-3-5-7-9-11-13-17-21-25-29-33-36(32-28-24-20-16-12-10-8-6-4-2)38-37-34-30-26-22-18-14-15-19-23-27-31-35-39/h36,39H,3-35H2,1-2H3. The van der Waals surface area contributed by atoms with E-state index in [2.05, 4.69) is 26.5 Å². The van der Waals surface area contributed by atoms with Crippen LogP contribution in [0.15, 0.2) is 0 Å². The summed E-state index contributed by atoms with van der Waals surface area (Å²) < 4.78 is 0. The maximum atomic E-state index is 5.98. The van der Waals surface area contributed by atoms with Gasteiger partial charge in [0.15, 0.2) is 0 Å². The Bertz CT molecular complexity index is 417. The summed E-state index contributed by atoms with van der Waals surface area (Å²) in [6, 6.07) is 0. The molecule has 0 bridgehead atoms. The van der Waals surface area contributed by atoms with Crippen LogP contribution in [0, 0.1) is 0 Å². The number of unbranched alkanes of at least 4 members (excludes halogenated alkanes) is 26.